The van der Waals surface area contributed by atoms with Gasteiger partial charge < -0.3 is 19.3 Å². The number of carbonyl (C=O) groups is 4. The standard InChI is InChI=1S/C32H38N2O6/c35-29(33-17-13-27(14-18-33)21-25-7-3-1-4-8-25)23-39-31(37)11-12-32(38)40-24-30(36)34-19-15-28(16-20-34)22-26-9-5-2-6-10-26/h1-12,27-28H,13-24H2/b12-11+. The summed E-state index contributed by atoms with van der Waals surface area (Å²) in [6.07, 6.45) is 7.46. The van der Waals surface area contributed by atoms with Crippen LogP contribution in [-0.2, 0) is 41.5 Å². The Bertz CT molecular complexity index is 1060. The number of nitrogens with zero attached hydrogens (tertiary/aromatic N) is 2. The molecule has 0 spiro atoms. The van der Waals surface area contributed by atoms with Gasteiger partial charge in [0, 0.05) is 38.3 Å². The van der Waals surface area contributed by atoms with E-state index >= 15 is 0 Å². The first kappa shape index (κ1) is 29.1. The van der Waals surface area contributed by atoms with Crippen molar-refractivity contribution >= 4 is 23.8 Å². The molecule has 0 aromatic heterocycles. The van der Waals surface area contributed by atoms with Crippen LogP contribution in [0.4, 0.5) is 0 Å². The first-order chi connectivity index (χ1) is 19.5. The third kappa shape index (κ3) is 9.36. The monoisotopic (exact) mass is 546 g/mol. The number of carbonyl (C=O) groups excluding carboxylic acids is 4. The van der Waals surface area contributed by atoms with Gasteiger partial charge in [-0.25, -0.2) is 9.59 Å². The summed E-state index contributed by atoms with van der Waals surface area (Å²) in [4.78, 5) is 52.2. The Balaban J connectivity index is 1.07. The van der Waals surface area contributed by atoms with Crippen molar-refractivity contribution in [3.05, 3.63) is 83.9 Å². The Morgan fingerprint density at radius 1 is 0.600 bits per heavy atom. The largest absolute Gasteiger partial charge is 0.452 e. The van der Waals surface area contributed by atoms with E-state index in [1.165, 1.54) is 11.1 Å². The molecule has 2 saturated heterocycles. The lowest BCUT2D eigenvalue weighted by molar-refractivity contribution is -0.150. The van der Waals surface area contributed by atoms with E-state index < -0.39 is 11.9 Å². The summed E-state index contributed by atoms with van der Waals surface area (Å²) in [7, 11) is 0. The smallest absolute Gasteiger partial charge is 0.331 e. The lowest BCUT2D eigenvalue weighted by atomic mass is 9.90. The molecule has 0 aliphatic carbocycles. The molecule has 0 bridgehead atoms. The fraction of sp³-hybridized carbons (Fsp3) is 0.438. The summed E-state index contributed by atoms with van der Waals surface area (Å²) < 4.78 is 10.0. The molecule has 8 heteroatoms. The Hall–Kier alpha value is -3.94. The van der Waals surface area contributed by atoms with Crippen LogP contribution in [0.1, 0.15) is 36.8 Å². The number of hydrogen-bond donors (Lipinski definition) is 0. The predicted octanol–water partition coefficient (Wildman–Crippen LogP) is 3.59. The topological polar surface area (TPSA) is 93.2 Å². The molecule has 0 saturated carbocycles. The molecule has 8 nitrogen and oxygen atoms in total. The molecule has 40 heavy (non-hydrogen) atoms. The number of esters is 2. The van der Waals surface area contributed by atoms with Gasteiger partial charge in [0.15, 0.2) is 13.2 Å². The number of hydrogen-bond acceptors (Lipinski definition) is 6. The van der Waals surface area contributed by atoms with Crippen molar-refractivity contribution in [1.29, 1.82) is 0 Å². The van der Waals surface area contributed by atoms with Crippen LogP contribution in [0.5, 0.6) is 0 Å². The van der Waals surface area contributed by atoms with Gasteiger partial charge in [-0.1, -0.05) is 60.7 Å². The summed E-state index contributed by atoms with van der Waals surface area (Å²) in [6.45, 7) is 1.79. The van der Waals surface area contributed by atoms with E-state index in [0.717, 1.165) is 50.7 Å². The summed E-state index contributed by atoms with van der Waals surface area (Å²) in [5, 5.41) is 0. The molecule has 2 aliphatic rings. The molecule has 2 heterocycles. The zero-order chi connectivity index (χ0) is 28.2. The summed E-state index contributed by atoms with van der Waals surface area (Å²) in [5.74, 6) is -1.06. The van der Waals surface area contributed by atoms with E-state index in [2.05, 4.69) is 24.3 Å². The molecular formula is C32H38N2O6. The number of benzene rings is 2. The summed E-state index contributed by atoms with van der Waals surface area (Å²) in [6, 6.07) is 20.6. The lowest BCUT2D eigenvalue weighted by Gasteiger charge is -2.32. The van der Waals surface area contributed by atoms with Crippen LogP contribution in [0.2, 0.25) is 0 Å². The number of likely N-dealkylation sites (tertiary alicyclic amines) is 2. The van der Waals surface area contributed by atoms with Gasteiger partial charge in [-0.15, -0.1) is 0 Å². The number of amides is 2. The van der Waals surface area contributed by atoms with Gasteiger partial charge in [-0.05, 0) is 61.5 Å². The van der Waals surface area contributed by atoms with Crippen LogP contribution in [0.25, 0.3) is 0 Å². The minimum atomic E-state index is -0.809. The second-order valence-electron chi connectivity index (χ2n) is 10.6. The maximum atomic E-state index is 12.4. The molecule has 212 valence electrons. The highest BCUT2D eigenvalue weighted by atomic mass is 16.5. The average molecular weight is 547 g/mol. The molecule has 0 N–H and O–H groups in total. The maximum Gasteiger partial charge on any atom is 0.331 e. The van der Waals surface area contributed by atoms with Crippen molar-refractivity contribution in [2.45, 2.75) is 38.5 Å². The first-order valence-corrected chi connectivity index (χ1v) is 14.1. The van der Waals surface area contributed by atoms with Gasteiger partial charge in [0.2, 0.25) is 0 Å². The van der Waals surface area contributed by atoms with Gasteiger partial charge in [0.05, 0.1) is 0 Å². The highest BCUT2D eigenvalue weighted by Crippen LogP contribution is 2.23. The van der Waals surface area contributed by atoms with Crippen LogP contribution in [0.3, 0.4) is 0 Å². The molecule has 4 rings (SSSR count). The van der Waals surface area contributed by atoms with Gasteiger partial charge in [0.25, 0.3) is 11.8 Å². The van der Waals surface area contributed by atoms with E-state index in [9.17, 15) is 19.2 Å². The summed E-state index contributed by atoms with van der Waals surface area (Å²) in [5.41, 5.74) is 2.60. The Morgan fingerprint density at radius 3 is 1.30 bits per heavy atom. The average Bonchev–Trinajstić information content (AvgIpc) is 2.99. The second-order valence-corrected chi connectivity index (χ2v) is 10.6. The van der Waals surface area contributed by atoms with Gasteiger partial charge >= 0.3 is 11.9 Å². The molecule has 2 aliphatic heterocycles. The van der Waals surface area contributed by atoms with Crippen molar-refractivity contribution < 1.29 is 28.7 Å². The molecule has 2 aromatic rings. The van der Waals surface area contributed by atoms with Crippen molar-refractivity contribution in [3.63, 3.8) is 0 Å². The first-order valence-electron chi connectivity index (χ1n) is 14.1. The second kappa shape index (κ2) is 15.0. The maximum absolute atomic E-state index is 12.4. The van der Waals surface area contributed by atoms with E-state index in [1.54, 1.807) is 9.80 Å². The Labute approximate surface area is 235 Å². The van der Waals surface area contributed by atoms with E-state index in [0.29, 0.717) is 38.0 Å². The SMILES string of the molecule is O=C(/C=C/C(=O)OCC(=O)N1CCC(Cc2ccccc2)CC1)OCC(=O)N1CCC(Cc2ccccc2)CC1. The number of rotatable bonds is 10. The van der Waals surface area contributed by atoms with Crippen LogP contribution < -0.4 is 0 Å². The quantitative estimate of drug-likeness (QED) is 0.334. The molecule has 0 unspecified atom stereocenters. The zero-order valence-electron chi connectivity index (χ0n) is 22.9. The Morgan fingerprint density at radius 2 is 0.950 bits per heavy atom. The molecule has 0 radical (unpaired) electrons. The fourth-order valence-corrected chi connectivity index (χ4v) is 5.35. The van der Waals surface area contributed by atoms with Crippen LogP contribution in [0.15, 0.2) is 72.8 Å². The van der Waals surface area contributed by atoms with Gasteiger partial charge in [0.1, 0.15) is 0 Å². The molecule has 2 fully saturated rings. The number of ether oxygens (including phenoxy) is 2. The summed E-state index contributed by atoms with van der Waals surface area (Å²) >= 11 is 0. The number of piperidine rings is 2. The van der Waals surface area contributed by atoms with Crippen molar-refractivity contribution in [2.75, 3.05) is 39.4 Å². The third-order valence-electron chi connectivity index (χ3n) is 7.70. The van der Waals surface area contributed by atoms with Crippen LogP contribution in [-0.4, -0.2) is 72.9 Å². The third-order valence-corrected chi connectivity index (χ3v) is 7.70. The van der Waals surface area contributed by atoms with E-state index in [4.69, 9.17) is 9.47 Å². The predicted molar refractivity (Wildman–Crippen MR) is 150 cm³/mol. The Kier molecular flexibility index (Phi) is 10.9. The van der Waals surface area contributed by atoms with Crippen molar-refractivity contribution in [3.8, 4) is 0 Å². The molecular weight excluding hydrogens is 508 g/mol. The van der Waals surface area contributed by atoms with Crippen molar-refractivity contribution in [1.82, 2.24) is 9.80 Å². The molecule has 2 aromatic carbocycles. The van der Waals surface area contributed by atoms with Gasteiger partial charge in [-0.2, -0.15) is 0 Å². The zero-order valence-corrected chi connectivity index (χ0v) is 22.9. The van der Waals surface area contributed by atoms with Crippen LogP contribution in [0, 0.1) is 11.8 Å². The van der Waals surface area contributed by atoms with E-state index in [1.807, 2.05) is 36.4 Å². The van der Waals surface area contributed by atoms with Crippen LogP contribution >= 0.6 is 0 Å². The van der Waals surface area contributed by atoms with Gasteiger partial charge in [-0.3, -0.25) is 9.59 Å². The molecule has 0 atom stereocenters. The minimum absolute atomic E-state index is 0.249. The van der Waals surface area contributed by atoms with Crippen molar-refractivity contribution in [2.24, 2.45) is 11.8 Å². The highest BCUT2D eigenvalue weighted by molar-refractivity contribution is 5.93. The fourth-order valence-electron chi connectivity index (χ4n) is 5.35. The highest BCUT2D eigenvalue weighted by Gasteiger charge is 2.25. The van der Waals surface area contributed by atoms with E-state index in [-0.39, 0.29) is 25.0 Å². The molecule has 2 amide bonds. The minimum Gasteiger partial charge on any atom is -0.452 e. The normalized spacial score (nSPS) is 16.6. The lowest BCUT2D eigenvalue weighted by Crippen LogP contribution is -2.41.